The molecule has 2 atom stereocenters. The third-order valence-corrected chi connectivity index (χ3v) is 8.21. The monoisotopic (exact) mass is 578 g/mol. The van der Waals surface area contributed by atoms with Gasteiger partial charge in [-0.3, -0.25) is 0 Å². The van der Waals surface area contributed by atoms with Crippen LogP contribution in [0.15, 0.2) is 147 Å². The normalized spacial score (nSPS) is 16.7. The quantitative estimate of drug-likeness (QED) is 0.114. The second-order valence-corrected chi connectivity index (χ2v) is 11.3. The molecule has 0 aliphatic heterocycles. The number of aryl methyl sites for hydroxylation is 3. The van der Waals surface area contributed by atoms with E-state index in [-0.39, 0.29) is 17.8 Å². The summed E-state index contributed by atoms with van der Waals surface area (Å²) in [6.07, 6.45) is 20.7. The van der Waals surface area contributed by atoms with Gasteiger partial charge in [0.15, 0.2) is 0 Å². The van der Waals surface area contributed by atoms with Gasteiger partial charge in [-0.25, -0.2) is 0 Å². The highest BCUT2D eigenvalue weighted by atomic mass is 16.5. The predicted molar refractivity (Wildman–Crippen MR) is 189 cm³/mol. The Labute approximate surface area is 266 Å². The summed E-state index contributed by atoms with van der Waals surface area (Å²) in [6, 6.07) is 27.6. The number of hydrogen-bond acceptors (Lipinski definition) is 1. The number of benzene rings is 3. The number of allylic oxidation sites excluding steroid dienone is 6. The summed E-state index contributed by atoms with van der Waals surface area (Å²) in [6.45, 7) is 16.0. The fourth-order valence-corrected chi connectivity index (χ4v) is 5.82. The zero-order valence-corrected chi connectivity index (χ0v) is 26.1. The van der Waals surface area contributed by atoms with Crippen LogP contribution in [0.3, 0.4) is 0 Å². The Hall–Kier alpha value is -4.54. The first kappa shape index (κ1) is 32.4. The van der Waals surface area contributed by atoms with Crippen LogP contribution in [0.5, 0.6) is 0 Å². The van der Waals surface area contributed by atoms with Crippen molar-refractivity contribution < 1.29 is 4.74 Å². The van der Waals surface area contributed by atoms with E-state index in [1.54, 1.807) is 6.08 Å². The zero-order chi connectivity index (χ0) is 31.0. The lowest BCUT2D eigenvalue weighted by molar-refractivity contribution is 0.260. The Bertz CT molecular complexity index is 1430. The molecule has 0 N–H and O–H groups in total. The molecular weight excluding hydrogens is 532 g/mol. The van der Waals surface area contributed by atoms with E-state index >= 15 is 0 Å². The van der Waals surface area contributed by atoms with Crippen molar-refractivity contribution in [3.8, 4) is 11.8 Å². The molecule has 1 aliphatic carbocycles. The van der Waals surface area contributed by atoms with Crippen LogP contribution in [0.2, 0.25) is 0 Å². The maximum Gasteiger partial charge on any atom is 0.116 e. The van der Waals surface area contributed by atoms with Crippen LogP contribution in [-0.4, -0.2) is 6.61 Å². The van der Waals surface area contributed by atoms with Crippen LogP contribution in [0.4, 0.5) is 0 Å². The molecule has 0 radical (unpaired) electrons. The van der Waals surface area contributed by atoms with Gasteiger partial charge in [-0.15, -0.1) is 19.7 Å². The molecule has 0 saturated heterocycles. The summed E-state index contributed by atoms with van der Waals surface area (Å²) < 4.78 is 5.94. The van der Waals surface area contributed by atoms with Crippen LogP contribution in [0.25, 0.3) is 0 Å². The van der Waals surface area contributed by atoms with E-state index in [0.717, 1.165) is 44.3 Å². The van der Waals surface area contributed by atoms with E-state index in [4.69, 9.17) is 4.74 Å². The molecule has 44 heavy (non-hydrogen) atoms. The highest BCUT2D eigenvalue weighted by molar-refractivity contribution is 5.44. The number of rotatable bonds is 17. The molecule has 0 bridgehead atoms. The molecule has 0 aromatic heterocycles. The predicted octanol–water partition coefficient (Wildman–Crippen LogP) is 10.6. The van der Waals surface area contributed by atoms with E-state index in [2.05, 4.69) is 123 Å². The van der Waals surface area contributed by atoms with Crippen LogP contribution in [0, 0.1) is 17.8 Å². The summed E-state index contributed by atoms with van der Waals surface area (Å²) in [5.74, 6) is 8.11. The smallest absolute Gasteiger partial charge is 0.116 e. The Morgan fingerprint density at radius 2 is 1.14 bits per heavy atom. The van der Waals surface area contributed by atoms with E-state index in [0.29, 0.717) is 13.0 Å². The minimum Gasteiger partial charge on any atom is -0.490 e. The van der Waals surface area contributed by atoms with Gasteiger partial charge in [0.2, 0.25) is 0 Å². The lowest BCUT2D eigenvalue weighted by atomic mass is 9.70. The van der Waals surface area contributed by atoms with Gasteiger partial charge in [-0.05, 0) is 84.1 Å². The zero-order valence-electron chi connectivity index (χ0n) is 26.1. The van der Waals surface area contributed by atoms with E-state index in [1.807, 2.05) is 24.3 Å². The number of ether oxygens (including phenoxy) is 1. The van der Waals surface area contributed by atoms with Gasteiger partial charge < -0.3 is 4.74 Å². The summed E-state index contributed by atoms with van der Waals surface area (Å²) in [5.41, 5.74) is 7.85. The van der Waals surface area contributed by atoms with Crippen molar-refractivity contribution in [1.82, 2.24) is 0 Å². The average molecular weight is 579 g/mol. The molecule has 3 aromatic carbocycles. The van der Waals surface area contributed by atoms with Gasteiger partial charge in [-0.2, -0.15) is 0 Å². The molecule has 1 nitrogen and oxygen atoms in total. The molecule has 224 valence electrons. The van der Waals surface area contributed by atoms with Gasteiger partial charge in [0.25, 0.3) is 0 Å². The van der Waals surface area contributed by atoms with Crippen molar-refractivity contribution in [1.29, 1.82) is 0 Å². The Kier molecular flexibility index (Phi) is 12.9. The second kappa shape index (κ2) is 17.5. The summed E-state index contributed by atoms with van der Waals surface area (Å²) in [4.78, 5) is 0. The molecule has 4 rings (SSSR count). The van der Waals surface area contributed by atoms with Crippen molar-refractivity contribution in [2.24, 2.45) is 5.92 Å². The molecular formula is C43H46O. The third kappa shape index (κ3) is 9.23. The fourth-order valence-electron chi connectivity index (χ4n) is 5.82. The van der Waals surface area contributed by atoms with Crippen molar-refractivity contribution in [3.63, 3.8) is 0 Å². The standard InChI is InChI=1S/C43H46O/c1-5-9-14-34-19-25-38(26-20-34)42(37-17-12-13-18-41(32-31-37)44-33-8-4)43(39-27-21-35(22-28-39)15-10-6-2)40-29-23-36(24-30-40)16-11-7-3/h5-8,18-32,37,42-43H,1-4,9-11,13-16,33H2/b32-31-,41-18+. The van der Waals surface area contributed by atoms with E-state index < -0.39 is 0 Å². The highest BCUT2D eigenvalue weighted by Crippen LogP contribution is 2.44. The van der Waals surface area contributed by atoms with Gasteiger partial charge in [0.1, 0.15) is 12.4 Å². The minimum absolute atomic E-state index is 0.0176. The average Bonchev–Trinajstić information content (AvgIpc) is 3.05. The van der Waals surface area contributed by atoms with Gasteiger partial charge in [-0.1, -0.05) is 122 Å². The van der Waals surface area contributed by atoms with Gasteiger partial charge >= 0.3 is 0 Å². The van der Waals surface area contributed by atoms with Crippen molar-refractivity contribution in [2.45, 2.75) is 56.8 Å². The summed E-state index contributed by atoms with van der Waals surface area (Å²) in [5, 5.41) is 0. The Balaban J connectivity index is 1.84. The lowest BCUT2D eigenvalue weighted by Crippen LogP contribution is -2.20. The maximum atomic E-state index is 5.94. The molecule has 1 aliphatic rings. The van der Waals surface area contributed by atoms with Gasteiger partial charge in [0.05, 0.1) is 0 Å². The van der Waals surface area contributed by atoms with Crippen LogP contribution in [-0.2, 0) is 24.0 Å². The molecule has 0 saturated carbocycles. The third-order valence-electron chi connectivity index (χ3n) is 8.21. The molecule has 0 spiro atoms. The van der Waals surface area contributed by atoms with Crippen LogP contribution < -0.4 is 0 Å². The fraction of sp³-hybridized carbons (Fsp3) is 0.256. The SMILES string of the molecule is C=CCCc1ccc(C(c2ccc(CCC=C)cc2)C(c2ccc(CCC=C)cc2)C2C#CC/C=C(OCC=C)\C=C/2)cc1. The van der Waals surface area contributed by atoms with Crippen molar-refractivity contribution in [2.75, 3.05) is 6.61 Å². The molecule has 0 amide bonds. The Morgan fingerprint density at radius 3 is 1.59 bits per heavy atom. The van der Waals surface area contributed by atoms with E-state index in [1.165, 1.54) is 33.4 Å². The van der Waals surface area contributed by atoms with E-state index in [9.17, 15) is 0 Å². The molecule has 0 fully saturated rings. The molecule has 1 heteroatoms. The van der Waals surface area contributed by atoms with Crippen molar-refractivity contribution >= 4 is 0 Å². The first-order chi connectivity index (χ1) is 21.7. The largest absolute Gasteiger partial charge is 0.490 e. The molecule has 2 unspecified atom stereocenters. The lowest BCUT2D eigenvalue weighted by Gasteiger charge is -2.32. The topological polar surface area (TPSA) is 9.23 Å². The summed E-state index contributed by atoms with van der Waals surface area (Å²) in [7, 11) is 0. The maximum absolute atomic E-state index is 5.94. The first-order valence-corrected chi connectivity index (χ1v) is 15.9. The van der Waals surface area contributed by atoms with Crippen molar-refractivity contribution in [3.05, 3.63) is 181 Å². The number of hydrogen-bond donors (Lipinski definition) is 0. The summed E-state index contributed by atoms with van der Waals surface area (Å²) >= 11 is 0. The van der Waals surface area contributed by atoms with Crippen LogP contribution >= 0.6 is 0 Å². The van der Waals surface area contributed by atoms with Crippen LogP contribution in [0.1, 0.15) is 70.9 Å². The highest BCUT2D eigenvalue weighted by Gasteiger charge is 2.32. The Morgan fingerprint density at radius 1 is 0.659 bits per heavy atom. The molecule has 3 aromatic rings. The first-order valence-electron chi connectivity index (χ1n) is 15.9. The molecule has 0 heterocycles. The second-order valence-electron chi connectivity index (χ2n) is 11.3. The minimum atomic E-state index is -0.0176. The van der Waals surface area contributed by atoms with Gasteiger partial charge in [0, 0.05) is 24.2 Å².